The third kappa shape index (κ3) is 5.09. The molecule has 0 unspecified atom stereocenters. The van der Waals surface area contributed by atoms with Gasteiger partial charge in [-0.15, -0.1) is 0 Å². The highest BCUT2D eigenvalue weighted by molar-refractivity contribution is 6.31. The van der Waals surface area contributed by atoms with E-state index in [-0.39, 0.29) is 0 Å². The quantitative estimate of drug-likeness (QED) is 0.619. The van der Waals surface area contributed by atoms with Gasteiger partial charge in [0.25, 0.3) is 0 Å². The number of benzene rings is 2. The van der Waals surface area contributed by atoms with E-state index in [9.17, 15) is 0 Å². The van der Waals surface area contributed by atoms with Crippen LogP contribution in [0.15, 0.2) is 42.5 Å². The van der Waals surface area contributed by atoms with Crippen molar-refractivity contribution in [2.75, 3.05) is 5.32 Å². The Morgan fingerprint density at radius 1 is 0.952 bits per heavy atom. The van der Waals surface area contributed by atoms with Gasteiger partial charge >= 0.3 is 0 Å². The number of hydrogen-bond acceptors (Lipinski definition) is 1. The van der Waals surface area contributed by atoms with E-state index >= 15 is 0 Å². The minimum atomic E-state index is 0.801. The Kier molecular flexibility index (Phi) is 6.13. The third-order valence-electron chi connectivity index (χ3n) is 3.76. The van der Waals surface area contributed by atoms with E-state index in [1.807, 2.05) is 13.0 Å². The second-order valence-electron chi connectivity index (χ2n) is 5.59. The van der Waals surface area contributed by atoms with Crippen molar-refractivity contribution in [2.24, 2.45) is 0 Å². The minimum Gasteiger partial charge on any atom is -0.381 e. The Balaban J connectivity index is 1.86. The smallest absolute Gasteiger partial charge is 0.0438 e. The summed E-state index contributed by atoms with van der Waals surface area (Å²) in [7, 11) is 0. The highest BCUT2D eigenvalue weighted by Gasteiger charge is 1.99. The SMILES string of the molecule is CCCCCc1ccc(NCc2ccc(C)c(Cl)c2)cc1. The predicted molar refractivity (Wildman–Crippen MR) is 93.2 cm³/mol. The van der Waals surface area contributed by atoms with Crippen LogP contribution >= 0.6 is 11.6 Å². The van der Waals surface area contributed by atoms with Crippen molar-refractivity contribution < 1.29 is 0 Å². The molecular formula is C19H24ClN. The molecule has 1 N–H and O–H groups in total. The zero-order valence-electron chi connectivity index (χ0n) is 13.0. The minimum absolute atomic E-state index is 0.801. The molecule has 0 atom stereocenters. The Labute approximate surface area is 133 Å². The summed E-state index contributed by atoms with van der Waals surface area (Å²) in [5.74, 6) is 0. The molecule has 0 saturated carbocycles. The van der Waals surface area contributed by atoms with Crippen LogP contribution in [0.25, 0.3) is 0 Å². The van der Waals surface area contributed by atoms with Gasteiger partial charge < -0.3 is 5.32 Å². The summed E-state index contributed by atoms with van der Waals surface area (Å²) in [5.41, 5.74) is 4.91. The lowest BCUT2D eigenvalue weighted by molar-refractivity contribution is 0.717. The molecule has 0 aliphatic carbocycles. The van der Waals surface area contributed by atoms with Crippen LogP contribution in [-0.2, 0) is 13.0 Å². The van der Waals surface area contributed by atoms with E-state index in [0.717, 1.165) is 22.8 Å². The maximum absolute atomic E-state index is 6.15. The van der Waals surface area contributed by atoms with E-state index in [1.165, 1.54) is 36.8 Å². The van der Waals surface area contributed by atoms with Crippen molar-refractivity contribution in [3.05, 3.63) is 64.2 Å². The molecule has 2 rings (SSSR count). The summed E-state index contributed by atoms with van der Waals surface area (Å²) < 4.78 is 0. The topological polar surface area (TPSA) is 12.0 Å². The van der Waals surface area contributed by atoms with Gasteiger partial charge in [0, 0.05) is 17.3 Å². The molecule has 21 heavy (non-hydrogen) atoms. The standard InChI is InChI=1S/C19H24ClN/c1-3-4-5-6-16-9-11-18(12-10-16)21-14-17-8-7-15(2)19(20)13-17/h7-13,21H,3-6,14H2,1-2H3. The molecule has 0 aromatic heterocycles. The van der Waals surface area contributed by atoms with Crippen molar-refractivity contribution >= 4 is 17.3 Å². The first-order valence-corrected chi connectivity index (χ1v) is 8.14. The van der Waals surface area contributed by atoms with E-state index in [4.69, 9.17) is 11.6 Å². The van der Waals surface area contributed by atoms with Crippen LogP contribution in [0.5, 0.6) is 0 Å². The number of hydrogen-bond donors (Lipinski definition) is 1. The first-order valence-electron chi connectivity index (χ1n) is 7.77. The van der Waals surface area contributed by atoms with E-state index in [1.54, 1.807) is 0 Å². The molecule has 0 bridgehead atoms. The fourth-order valence-electron chi connectivity index (χ4n) is 2.32. The number of unbranched alkanes of at least 4 members (excludes halogenated alkanes) is 2. The predicted octanol–water partition coefficient (Wildman–Crippen LogP) is 5.99. The average molecular weight is 302 g/mol. The second-order valence-corrected chi connectivity index (χ2v) is 6.00. The number of nitrogens with one attached hydrogen (secondary N) is 1. The molecule has 0 saturated heterocycles. The van der Waals surface area contributed by atoms with Gasteiger partial charge in [0.05, 0.1) is 0 Å². The van der Waals surface area contributed by atoms with E-state index < -0.39 is 0 Å². The number of anilines is 1. The summed E-state index contributed by atoms with van der Waals surface area (Å²) in [6, 6.07) is 15.0. The molecule has 0 spiro atoms. The molecule has 0 fully saturated rings. The maximum atomic E-state index is 6.15. The molecule has 112 valence electrons. The third-order valence-corrected chi connectivity index (χ3v) is 4.16. The molecule has 0 aliphatic rings. The molecule has 0 aliphatic heterocycles. The van der Waals surface area contributed by atoms with Crippen LogP contribution < -0.4 is 5.32 Å². The lowest BCUT2D eigenvalue weighted by Crippen LogP contribution is -1.99. The Morgan fingerprint density at radius 2 is 1.67 bits per heavy atom. The van der Waals surface area contributed by atoms with Crippen molar-refractivity contribution in [2.45, 2.75) is 46.1 Å². The van der Waals surface area contributed by atoms with Crippen molar-refractivity contribution in [1.82, 2.24) is 0 Å². The zero-order chi connectivity index (χ0) is 15.1. The number of rotatable bonds is 7. The molecule has 2 aromatic rings. The Hall–Kier alpha value is -1.47. The second kappa shape index (κ2) is 8.09. The van der Waals surface area contributed by atoms with Gasteiger partial charge in [-0.3, -0.25) is 0 Å². The monoisotopic (exact) mass is 301 g/mol. The van der Waals surface area contributed by atoms with Gasteiger partial charge in [0.1, 0.15) is 0 Å². The van der Waals surface area contributed by atoms with Crippen LogP contribution in [0.4, 0.5) is 5.69 Å². The summed E-state index contributed by atoms with van der Waals surface area (Å²) in [6.45, 7) is 5.07. The van der Waals surface area contributed by atoms with Crippen LogP contribution in [0, 0.1) is 6.92 Å². The molecule has 1 nitrogen and oxygen atoms in total. The zero-order valence-corrected chi connectivity index (χ0v) is 13.7. The van der Waals surface area contributed by atoms with Gasteiger partial charge in [-0.25, -0.2) is 0 Å². The molecule has 0 radical (unpaired) electrons. The Morgan fingerprint density at radius 3 is 2.33 bits per heavy atom. The molecule has 0 heterocycles. The number of aryl methyl sites for hydroxylation is 2. The summed E-state index contributed by atoms with van der Waals surface area (Å²) in [4.78, 5) is 0. The molecule has 2 heteroatoms. The highest BCUT2D eigenvalue weighted by atomic mass is 35.5. The van der Waals surface area contributed by atoms with Gasteiger partial charge in [0.2, 0.25) is 0 Å². The van der Waals surface area contributed by atoms with Crippen LogP contribution in [0.2, 0.25) is 5.02 Å². The largest absolute Gasteiger partial charge is 0.381 e. The molecule has 0 amide bonds. The van der Waals surface area contributed by atoms with Gasteiger partial charge in [0.15, 0.2) is 0 Å². The first kappa shape index (κ1) is 15.9. The van der Waals surface area contributed by atoms with Gasteiger partial charge in [-0.2, -0.15) is 0 Å². The van der Waals surface area contributed by atoms with Crippen molar-refractivity contribution in [3.63, 3.8) is 0 Å². The van der Waals surface area contributed by atoms with Crippen LogP contribution in [0.1, 0.15) is 42.9 Å². The van der Waals surface area contributed by atoms with Crippen molar-refractivity contribution in [1.29, 1.82) is 0 Å². The summed E-state index contributed by atoms with van der Waals surface area (Å²) in [6.07, 6.45) is 5.06. The maximum Gasteiger partial charge on any atom is 0.0438 e. The molecular weight excluding hydrogens is 278 g/mol. The van der Waals surface area contributed by atoms with Gasteiger partial charge in [-0.1, -0.05) is 55.6 Å². The fourth-order valence-corrected chi connectivity index (χ4v) is 2.52. The van der Waals surface area contributed by atoms with E-state index in [0.29, 0.717) is 0 Å². The molecule has 2 aromatic carbocycles. The average Bonchev–Trinajstić information content (AvgIpc) is 2.50. The lowest BCUT2D eigenvalue weighted by Gasteiger charge is -2.09. The first-order chi connectivity index (χ1) is 10.2. The normalized spacial score (nSPS) is 10.6. The van der Waals surface area contributed by atoms with Crippen LogP contribution in [-0.4, -0.2) is 0 Å². The van der Waals surface area contributed by atoms with Crippen LogP contribution in [0.3, 0.4) is 0 Å². The number of halogens is 1. The fraction of sp³-hybridized carbons (Fsp3) is 0.368. The van der Waals surface area contributed by atoms with Crippen molar-refractivity contribution in [3.8, 4) is 0 Å². The highest BCUT2D eigenvalue weighted by Crippen LogP contribution is 2.18. The Bertz CT molecular complexity index is 560. The lowest BCUT2D eigenvalue weighted by atomic mass is 10.1. The summed E-state index contributed by atoms with van der Waals surface area (Å²) >= 11 is 6.15. The van der Waals surface area contributed by atoms with Gasteiger partial charge in [-0.05, 0) is 54.7 Å². The van der Waals surface area contributed by atoms with E-state index in [2.05, 4.69) is 48.6 Å². The summed E-state index contributed by atoms with van der Waals surface area (Å²) in [5, 5.41) is 4.28.